The molecule has 1 aromatic carbocycles. The summed E-state index contributed by atoms with van der Waals surface area (Å²) in [4.78, 5) is 29.2. The highest BCUT2D eigenvalue weighted by molar-refractivity contribution is 6.33. The van der Waals surface area contributed by atoms with E-state index in [1.54, 1.807) is 12.1 Å². The number of rotatable bonds is 2. The van der Waals surface area contributed by atoms with Crippen molar-refractivity contribution in [1.29, 1.82) is 0 Å². The molecule has 0 spiro atoms. The number of benzene rings is 1. The summed E-state index contributed by atoms with van der Waals surface area (Å²) in [5, 5.41) is 0.478. The highest BCUT2D eigenvalue weighted by Gasteiger charge is 2.31. The molecule has 2 N–H and O–H groups in total. The van der Waals surface area contributed by atoms with Crippen LogP contribution < -0.4 is 5.73 Å². The number of hydrogen-bond donors (Lipinski definition) is 1. The van der Waals surface area contributed by atoms with Gasteiger partial charge in [-0.15, -0.1) is 0 Å². The van der Waals surface area contributed by atoms with E-state index in [0.717, 1.165) is 45.2 Å². The van der Waals surface area contributed by atoms with Crippen molar-refractivity contribution < 1.29 is 9.59 Å². The van der Waals surface area contributed by atoms with Crippen LogP contribution in [0.15, 0.2) is 24.3 Å². The van der Waals surface area contributed by atoms with Crippen LogP contribution in [-0.2, 0) is 4.79 Å². The molecule has 0 saturated carbocycles. The normalized spacial score (nSPS) is 22.6. The van der Waals surface area contributed by atoms with Crippen LogP contribution in [0.3, 0.4) is 0 Å². The molecule has 5 nitrogen and oxygen atoms in total. The van der Waals surface area contributed by atoms with Gasteiger partial charge in [0, 0.05) is 38.1 Å². The third kappa shape index (κ3) is 4.33. The lowest BCUT2D eigenvalue weighted by atomic mass is 9.94. The summed E-state index contributed by atoms with van der Waals surface area (Å²) >= 11 is 6.13. The van der Waals surface area contributed by atoms with Gasteiger partial charge in [-0.05, 0) is 44.2 Å². The van der Waals surface area contributed by atoms with E-state index in [0.29, 0.717) is 23.7 Å². The van der Waals surface area contributed by atoms with Crippen molar-refractivity contribution in [1.82, 2.24) is 9.80 Å². The highest BCUT2D eigenvalue weighted by Crippen LogP contribution is 2.24. The summed E-state index contributed by atoms with van der Waals surface area (Å²) in [6.45, 7) is 2.78. The van der Waals surface area contributed by atoms with Crippen molar-refractivity contribution in [2.45, 2.75) is 38.1 Å². The number of likely N-dealkylation sites (tertiary alicyclic amines) is 2. The molecule has 2 saturated heterocycles. The average Bonchev–Trinajstić information content (AvgIpc) is 2.86. The first-order chi connectivity index (χ1) is 12.1. The number of nitrogens with two attached hydrogens (primary N) is 1. The molecule has 0 aromatic heterocycles. The Morgan fingerprint density at radius 2 is 1.64 bits per heavy atom. The second-order valence-corrected chi connectivity index (χ2v) is 7.47. The van der Waals surface area contributed by atoms with Gasteiger partial charge < -0.3 is 15.5 Å². The molecule has 2 fully saturated rings. The van der Waals surface area contributed by atoms with Gasteiger partial charge >= 0.3 is 0 Å². The fraction of sp³-hybridized carbons (Fsp3) is 0.579. The lowest BCUT2D eigenvalue weighted by molar-refractivity contribution is -0.136. The molecule has 0 bridgehead atoms. The Morgan fingerprint density at radius 3 is 2.36 bits per heavy atom. The van der Waals surface area contributed by atoms with Crippen LogP contribution in [0.5, 0.6) is 0 Å². The number of piperidine rings is 1. The predicted molar refractivity (Wildman–Crippen MR) is 98.5 cm³/mol. The summed E-state index contributed by atoms with van der Waals surface area (Å²) < 4.78 is 0. The van der Waals surface area contributed by atoms with E-state index in [-0.39, 0.29) is 23.8 Å². The van der Waals surface area contributed by atoms with Gasteiger partial charge in [0.15, 0.2) is 0 Å². The summed E-state index contributed by atoms with van der Waals surface area (Å²) in [5.41, 5.74) is 6.54. The van der Waals surface area contributed by atoms with Crippen molar-refractivity contribution in [3.63, 3.8) is 0 Å². The molecule has 0 radical (unpaired) electrons. The van der Waals surface area contributed by atoms with E-state index in [1.165, 1.54) is 0 Å². The fourth-order valence-corrected chi connectivity index (χ4v) is 3.95. The lowest BCUT2D eigenvalue weighted by Crippen LogP contribution is -2.44. The first-order valence-corrected chi connectivity index (χ1v) is 9.52. The Labute approximate surface area is 154 Å². The Kier molecular flexibility index (Phi) is 5.97. The second kappa shape index (κ2) is 8.19. The third-order valence-corrected chi connectivity index (χ3v) is 5.65. The maximum Gasteiger partial charge on any atom is 0.255 e. The van der Waals surface area contributed by atoms with Gasteiger partial charge in [-0.3, -0.25) is 9.59 Å². The zero-order valence-corrected chi connectivity index (χ0v) is 15.3. The molecule has 2 aliphatic heterocycles. The first-order valence-electron chi connectivity index (χ1n) is 9.14. The molecule has 0 aliphatic carbocycles. The number of halogens is 1. The van der Waals surface area contributed by atoms with Crippen molar-refractivity contribution in [2.24, 2.45) is 11.7 Å². The number of carbonyl (C=O) groups excluding carboxylic acids is 2. The molecule has 2 amide bonds. The van der Waals surface area contributed by atoms with Gasteiger partial charge in [-0.25, -0.2) is 0 Å². The quantitative estimate of drug-likeness (QED) is 0.878. The maximum atomic E-state index is 12.8. The molecule has 6 heteroatoms. The van der Waals surface area contributed by atoms with Crippen LogP contribution in [-0.4, -0.2) is 53.8 Å². The highest BCUT2D eigenvalue weighted by atomic mass is 35.5. The van der Waals surface area contributed by atoms with Gasteiger partial charge in [0.25, 0.3) is 5.91 Å². The van der Waals surface area contributed by atoms with Crippen LogP contribution in [0.1, 0.15) is 42.5 Å². The molecule has 136 valence electrons. The van der Waals surface area contributed by atoms with Crippen molar-refractivity contribution in [2.75, 3.05) is 26.2 Å². The second-order valence-electron chi connectivity index (χ2n) is 7.06. The predicted octanol–water partition coefficient (Wildman–Crippen LogP) is 2.53. The Balaban J connectivity index is 1.55. The topological polar surface area (TPSA) is 66.6 Å². The first kappa shape index (κ1) is 18.2. The van der Waals surface area contributed by atoms with E-state index >= 15 is 0 Å². The van der Waals surface area contributed by atoms with Crippen molar-refractivity contribution in [3.8, 4) is 0 Å². The number of hydrogen-bond acceptors (Lipinski definition) is 3. The smallest absolute Gasteiger partial charge is 0.255 e. The zero-order chi connectivity index (χ0) is 17.8. The van der Waals surface area contributed by atoms with Gasteiger partial charge in [0.05, 0.1) is 10.6 Å². The van der Waals surface area contributed by atoms with E-state index in [2.05, 4.69) is 0 Å². The van der Waals surface area contributed by atoms with E-state index in [1.807, 2.05) is 21.9 Å². The van der Waals surface area contributed by atoms with Gasteiger partial charge in [-0.1, -0.05) is 23.7 Å². The molecule has 3 rings (SSSR count). The molecule has 1 aromatic rings. The molecule has 1 atom stereocenters. The molecular weight excluding hydrogens is 338 g/mol. The zero-order valence-electron chi connectivity index (χ0n) is 14.5. The SMILES string of the molecule is N[C@H]1CCCN(C(=O)C2CCN(C(=O)c3ccccc3Cl)CC2)CC1. The minimum Gasteiger partial charge on any atom is -0.342 e. The number of amides is 2. The van der Waals surface area contributed by atoms with Crippen LogP contribution in [0.2, 0.25) is 5.02 Å². The largest absolute Gasteiger partial charge is 0.342 e. The Hall–Kier alpha value is -1.59. The molecule has 0 unspecified atom stereocenters. The molecular formula is C19H26ClN3O2. The molecule has 25 heavy (non-hydrogen) atoms. The fourth-order valence-electron chi connectivity index (χ4n) is 3.74. The average molecular weight is 364 g/mol. The monoisotopic (exact) mass is 363 g/mol. The Bertz CT molecular complexity index is 629. The van der Waals surface area contributed by atoms with E-state index in [4.69, 9.17) is 17.3 Å². The van der Waals surface area contributed by atoms with Crippen LogP contribution in [0.4, 0.5) is 0 Å². The number of nitrogens with zero attached hydrogens (tertiary/aromatic N) is 2. The number of carbonyl (C=O) groups is 2. The van der Waals surface area contributed by atoms with Crippen molar-refractivity contribution >= 4 is 23.4 Å². The maximum absolute atomic E-state index is 12.8. The summed E-state index contributed by atoms with van der Waals surface area (Å²) in [7, 11) is 0. The summed E-state index contributed by atoms with van der Waals surface area (Å²) in [6.07, 6.45) is 4.30. The molecule has 2 aliphatic rings. The van der Waals surface area contributed by atoms with E-state index < -0.39 is 0 Å². The van der Waals surface area contributed by atoms with Gasteiger partial charge in [0.2, 0.25) is 5.91 Å². The standard InChI is InChI=1S/C19H26ClN3O2/c20-17-6-2-1-5-16(17)19(25)23-11-7-14(8-12-23)18(24)22-10-3-4-15(21)9-13-22/h1-2,5-6,14-15H,3-4,7-13,21H2/t15-/m0/s1. The lowest BCUT2D eigenvalue weighted by Gasteiger charge is -2.34. The van der Waals surface area contributed by atoms with E-state index in [9.17, 15) is 9.59 Å². The third-order valence-electron chi connectivity index (χ3n) is 5.32. The van der Waals surface area contributed by atoms with Gasteiger partial charge in [0.1, 0.15) is 0 Å². The molecule has 2 heterocycles. The minimum absolute atomic E-state index is 0.0182. The van der Waals surface area contributed by atoms with Gasteiger partial charge in [-0.2, -0.15) is 0 Å². The summed E-state index contributed by atoms with van der Waals surface area (Å²) in [5.74, 6) is 0.209. The Morgan fingerprint density at radius 1 is 0.960 bits per heavy atom. The van der Waals surface area contributed by atoms with Crippen LogP contribution in [0.25, 0.3) is 0 Å². The van der Waals surface area contributed by atoms with Crippen molar-refractivity contribution in [3.05, 3.63) is 34.9 Å². The summed E-state index contributed by atoms with van der Waals surface area (Å²) in [6, 6.07) is 7.33. The van der Waals surface area contributed by atoms with Crippen LogP contribution in [0, 0.1) is 5.92 Å². The van der Waals surface area contributed by atoms with Crippen LogP contribution >= 0.6 is 11.6 Å². The minimum atomic E-state index is -0.0442.